The summed E-state index contributed by atoms with van der Waals surface area (Å²) in [5.41, 5.74) is 0. The normalized spacial score (nSPS) is 13.6. The van der Waals surface area contributed by atoms with E-state index in [4.69, 9.17) is 0 Å². The van der Waals surface area contributed by atoms with Crippen molar-refractivity contribution in [2.24, 2.45) is 21.1 Å². The van der Waals surface area contributed by atoms with Crippen molar-refractivity contribution in [3.8, 4) is 0 Å². The van der Waals surface area contributed by atoms with Gasteiger partial charge in [-0.2, -0.15) is 5.84 Å². The quantitative estimate of drug-likeness (QED) is 0.247. The molecule has 0 aliphatic carbocycles. The van der Waals surface area contributed by atoms with Crippen LogP contribution in [0.1, 0.15) is 0 Å². The van der Waals surface area contributed by atoms with Crippen LogP contribution in [0, 0.1) is 10.1 Å². The molecule has 1 heterocycles. The summed E-state index contributed by atoms with van der Waals surface area (Å²) in [5, 5.41) is 15.3. The Bertz CT molecular complexity index is 230. The molecule has 1 rings (SSSR count). The van der Waals surface area contributed by atoms with E-state index >= 15 is 0 Å². The van der Waals surface area contributed by atoms with Crippen LogP contribution < -0.4 is 11.7 Å². The SMILES string of the molecule is N[NH3+].O=C1N=NC([N+](=O)[O-])=N1. The van der Waals surface area contributed by atoms with Crippen molar-refractivity contribution in [3.63, 3.8) is 0 Å². The Morgan fingerprint density at radius 1 is 1.45 bits per heavy atom. The second-order valence-electron chi connectivity index (χ2n) is 1.15. The van der Waals surface area contributed by atoms with E-state index in [1.807, 2.05) is 0 Å². The standard InChI is InChI=1S/C2N4O3.H4N2/c7-2-3-1(4-5-2)6(8)9;1-2/h;1-2H2/p+1. The summed E-state index contributed by atoms with van der Waals surface area (Å²) in [6.07, 6.45) is 0. The van der Waals surface area contributed by atoms with Gasteiger partial charge in [0.2, 0.25) is 0 Å². The maximum atomic E-state index is 10.0. The maximum Gasteiger partial charge on any atom is 0.496 e. The molecule has 0 saturated carbocycles. The average molecular weight is 161 g/mol. The molecule has 0 bridgehead atoms. The van der Waals surface area contributed by atoms with Crippen LogP contribution in [0.2, 0.25) is 0 Å². The second kappa shape index (κ2) is 4.14. The zero-order chi connectivity index (χ0) is 8.85. The number of rotatable bonds is 0. The number of nitrogens with zero attached hydrogens (tertiary/aromatic N) is 4. The Hall–Kier alpha value is -1.74. The first-order valence-corrected chi connectivity index (χ1v) is 2.30. The predicted molar refractivity (Wildman–Crippen MR) is 31.8 cm³/mol. The Kier molecular flexibility index (Phi) is 3.48. The molecule has 60 valence electrons. The fraction of sp³-hybridized carbons (Fsp3) is 0. The maximum absolute atomic E-state index is 10.0. The molecule has 0 aromatic heterocycles. The van der Waals surface area contributed by atoms with Gasteiger partial charge in [0.1, 0.15) is 0 Å². The fourth-order valence-corrected chi connectivity index (χ4v) is 0.295. The highest BCUT2D eigenvalue weighted by Gasteiger charge is 2.23. The van der Waals surface area contributed by atoms with Gasteiger partial charge in [0.25, 0.3) is 0 Å². The van der Waals surface area contributed by atoms with Gasteiger partial charge in [-0.05, 0) is 4.92 Å². The van der Waals surface area contributed by atoms with E-state index < -0.39 is 16.9 Å². The van der Waals surface area contributed by atoms with E-state index in [1.165, 1.54) is 0 Å². The minimum Gasteiger partial charge on any atom is -0.390 e. The highest BCUT2D eigenvalue weighted by Crippen LogP contribution is 1.97. The lowest BCUT2D eigenvalue weighted by Gasteiger charge is -1.82. The highest BCUT2D eigenvalue weighted by atomic mass is 16.6. The smallest absolute Gasteiger partial charge is 0.390 e. The summed E-state index contributed by atoms with van der Waals surface area (Å²) in [5.74, 6) is 6.25. The minimum absolute atomic E-state index is 0.750. The molecule has 9 nitrogen and oxygen atoms in total. The molecule has 11 heavy (non-hydrogen) atoms. The van der Waals surface area contributed by atoms with Crippen molar-refractivity contribution >= 4 is 12.0 Å². The molecule has 0 aromatic rings. The second-order valence-corrected chi connectivity index (χ2v) is 1.15. The lowest BCUT2D eigenvalue weighted by atomic mass is 11.0. The number of carbonyl (C=O) groups excluding carboxylic acids is 1. The van der Waals surface area contributed by atoms with Gasteiger partial charge in [-0.1, -0.05) is 0 Å². The van der Waals surface area contributed by atoms with Crippen LogP contribution in [0.5, 0.6) is 0 Å². The number of hydrogen-bond donors (Lipinski definition) is 2. The third-order valence-electron chi connectivity index (χ3n) is 0.584. The van der Waals surface area contributed by atoms with Gasteiger partial charge >= 0.3 is 12.0 Å². The molecule has 0 aromatic carbocycles. The largest absolute Gasteiger partial charge is 0.496 e. The van der Waals surface area contributed by atoms with Crippen molar-refractivity contribution in [2.45, 2.75) is 0 Å². The number of carbonyl (C=O) groups is 1. The van der Waals surface area contributed by atoms with Gasteiger partial charge in [-0.25, -0.2) is 4.79 Å². The van der Waals surface area contributed by atoms with E-state index in [0.29, 0.717) is 0 Å². The molecule has 2 amide bonds. The first kappa shape index (κ1) is 9.26. The summed E-state index contributed by atoms with van der Waals surface area (Å²) >= 11 is 0. The van der Waals surface area contributed by atoms with Gasteiger partial charge in [0, 0.05) is 10.1 Å². The number of nitrogens with two attached hydrogens (primary N) is 1. The zero-order valence-electron chi connectivity index (χ0n) is 5.30. The topological polar surface area (TPSA) is 151 Å². The van der Waals surface area contributed by atoms with Crippen molar-refractivity contribution in [1.29, 1.82) is 0 Å². The minimum atomic E-state index is -0.929. The van der Waals surface area contributed by atoms with Crippen molar-refractivity contribution in [3.05, 3.63) is 10.1 Å². The molecule has 0 unspecified atom stereocenters. The van der Waals surface area contributed by atoms with E-state index in [0.717, 1.165) is 0 Å². The molecule has 5 N–H and O–H groups in total. The Balaban J connectivity index is 0.000000461. The third-order valence-corrected chi connectivity index (χ3v) is 0.584. The van der Waals surface area contributed by atoms with Crippen LogP contribution >= 0.6 is 0 Å². The molecule has 9 heteroatoms. The molecular weight excluding hydrogens is 156 g/mol. The first-order chi connectivity index (χ1) is 5.20. The number of aliphatic imine (C=N–C) groups is 1. The van der Waals surface area contributed by atoms with Crippen LogP contribution in [0.25, 0.3) is 0 Å². The zero-order valence-corrected chi connectivity index (χ0v) is 5.30. The summed E-state index contributed by atoms with van der Waals surface area (Å²) < 4.78 is 0. The fourth-order valence-electron chi connectivity index (χ4n) is 0.295. The average Bonchev–Trinajstić information content (AvgIpc) is 2.40. The molecular formula is C2H5N6O3+. The molecule has 1 aliphatic rings. The van der Waals surface area contributed by atoms with Gasteiger partial charge in [-0.3, -0.25) is 5.84 Å². The highest BCUT2D eigenvalue weighted by molar-refractivity contribution is 5.93. The van der Waals surface area contributed by atoms with E-state index in [9.17, 15) is 14.9 Å². The summed E-state index contributed by atoms with van der Waals surface area (Å²) in [6, 6.07) is -0.929. The van der Waals surface area contributed by atoms with Gasteiger partial charge < -0.3 is 10.1 Å². The van der Waals surface area contributed by atoms with E-state index in [-0.39, 0.29) is 0 Å². The molecule has 1 aliphatic heterocycles. The Morgan fingerprint density at radius 2 is 2.00 bits per heavy atom. The first-order valence-electron chi connectivity index (χ1n) is 2.30. The van der Waals surface area contributed by atoms with Gasteiger partial charge in [0.05, 0.1) is 5.11 Å². The summed E-state index contributed by atoms with van der Waals surface area (Å²) in [4.78, 5) is 21.7. The van der Waals surface area contributed by atoms with Gasteiger partial charge in [-0.15, -0.1) is 0 Å². The number of urea groups is 1. The van der Waals surface area contributed by atoms with E-state index in [1.54, 1.807) is 0 Å². The van der Waals surface area contributed by atoms with Gasteiger partial charge in [0.15, 0.2) is 0 Å². The van der Waals surface area contributed by atoms with Crippen LogP contribution in [0.15, 0.2) is 15.2 Å². The summed E-state index contributed by atoms with van der Waals surface area (Å²) in [7, 11) is 0. The van der Waals surface area contributed by atoms with Crippen molar-refractivity contribution in [1.82, 2.24) is 0 Å². The number of quaternary nitrogens is 1. The molecule has 0 fully saturated rings. The molecule has 0 atom stereocenters. The molecule has 0 saturated heterocycles. The number of nitro groups is 1. The monoisotopic (exact) mass is 161 g/mol. The van der Waals surface area contributed by atoms with Crippen LogP contribution in [-0.2, 0) is 0 Å². The number of hydrogen-bond acceptors (Lipinski definition) is 5. The number of azo groups is 1. The van der Waals surface area contributed by atoms with Crippen molar-refractivity contribution < 1.29 is 15.6 Å². The lowest BCUT2D eigenvalue weighted by Crippen LogP contribution is -2.59. The van der Waals surface area contributed by atoms with Crippen molar-refractivity contribution in [2.75, 3.05) is 0 Å². The van der Waals surface area contributed by atoms with Crippen LogP contribution in [-0.4, -0.2) is 16.9 Å². The van der Waals surface area contributed by atoms with Crippen LogP contribution in [0.4, 0.5) is 4.79 Å². The Labute approximate surface area is 59.9 Å². The Morgan fingerprint density at radius 3 is 2.18 bits per heavy atom. The molecule has 0 spiro atoms. The van der Waals surface area contributed by atoms with Crippen LogP contribution in [0.3, 0.4) is 0 Å². The summed E-state index contributed by atoms with van der Waals surface area (Å²) in [6.45, 7) is 0. The lowest BCUT2D eigenvalue weighted by molar-refractivity contribution is -0.379. The third kappa shape index (κ3) is 2.55. The molecule has 0 radical (unpaired) electrons. The van der Waals surface area contributed by atoms with E-state index in [2.05, 4.69) is 26.9 Å². The predicted octanol–water partition coefficient (Wildman–Crippen LogP) is -1.69. The number of guanidine groups is 1. The number of amides is 2.